The third kappa shape index (κ3) is 2.16. The minimum absolute atomic E-state index is 0.185. The predicted molar refractivity (Wildman–Crippen MR) is 54.2 cm³/mol. The minimum atomic E-state index is -0.816. The number of carbonyl (C=O) groups excluding carboxylic acids is 1. The van der Waals surface area contributed by atoms with Crippen LogP contribution in [0, 0.1) is 0 Å². The first-order valence-electron chi connectivity index (χ1n) is 4.88. The van der Waals surface area contributed by atoms with E-state index in [-0.39, 0.29) is 5.91 Å². The lowest BCUT2D eigenvalue weighted by molar-refractivity contribution is -0.124. The van der Waals surface area contributed by atoms with Gasteiger partial charge in [-0.2, -0.15) is 5.10 Å². The van der Waals surface area contributed by atoms with Crippen LogP contribution in [0.5, 0.6) is 0 Å². The molecule has 1 aromatic heterocycles. The number of nitrogens with zero attached hydrogens (tertiary/aromatic N) is 1. The Kier molecular flexibility index (Phi) is 2.70. The molecule has 1 aromatic rings. The van der Waals surface area contributed by atoms with Gasteiger partial charge in [-0.25, -0.2) is 0 Å². The minimum Gasteiger partial charge on any atom is -0.381 e. The molecule has 0 spiro atoms. The first kappa shape index (κ1) is 10.1. The van der Waals surface area contributed by atoms with Crippen LogP contribution in [0.25, 0.3) is 0 Å². The number of carbonyl (C=O) groups is 1. The summed E-state index contributed by atoms with van der Waals surface area (Å²) in [6, 6.07) is 1.68. The van der Waals surface area contributed by atoms with Gasteiger partial charge < -0.3 is 15.8 Å². The molecule has 15 heavy (non-hydrogen) atoms. The van der Waals surface area contributed by atoms with Crippen LogP contribution >= 0.6 is 0 Å². The van der Waals surface area contributed by atoms with Crippen LogP contribution in [0.2, 0.25) is 0 Å². The lowest BCUT2D eigenvalue weighted by atomic mass is 9.90. The number of nitrogens with one attached hydrogen (secondary N) is 2. The lowest BCUT2D eigenvalue weighted by Crippen LogP contribution is -2.54. The highest BCUT2D eigenvalue weighted by atomic mass is 16.5. The smallest absolute Gasteiger partial charge is 0.245 e. The Balaban J connectivity index is 2.00. The Morgan fingerprint density at radius 3 is 2.93 bits per heavy atom. The molecule has 0 atom stereocenters. The summed E-state index contributed by atoms with van der Waals surface area (Å²) in [6.45, 7) is 1.07. The van der Waals surface area contributed by atoms with Crippen LogP contribution in [0.1, 0.15) is 12.8 Å². The first-order chi connectivity index (χ1) is 7.21. The Morgan fingerprint density at radius 2 is 2.33 bits per heavy atom. The molecule has 1 aliphatic heterocycles. The molecule has 0 bridgehead atoms. The van der Waals surface area contributed by atoms with Gasteiger partial charge in [-0.1, -0.05) is 0 Å². The topological polar surface area (TPSA) is 93.0 Å². The van der Waals surface area contributed by atoms with Gasteiger partial charge in [-0.15, -0.1) is 0 Å². The van der Waals surface area contributed by atoms with Crippen LogP contribution in [0.15, 0.2) is 12.3 Å². The number of anilines is 1. The summed E-state index contributed by atoms with van der Waals surface area (Å²) in [5.74, 6) is 0.381. The molecule has 4 N–H and O–H groups in total. The second kappa shape index (κ2) is 4.00. The number of rotatable bonds is 2. The maximum Gasteiger partial charge on any atom is 0.245 e. The van der Waals surface area contributed by atoms with E-state index in [4.69, 9.17) is 10.5 Å². The van der Waals surface area contributed by atoms with Crippen molar-refractivity contribution in [1.29, 1.82) is 0 Å². The molecule has 0 radical (unpaired) electrons. The Labute approximate surface area is 87.2 Å². The number of ether oxygens (including phenoxy) is 1. The fourth-order valence-corrected chi connectivity index (χ4v) is 1.53. The molecule has 1 saturated heterocycles. The Bertz CT molecular complexity index is 330. The van der Waals surface area contributed by atoms with Gasteiger partial charge in [0.1, 0.15) is 11.4 Å². The van der Waals surface area contributed by atoms with Crippen molar-refractivity contribution in [2.24, 2.45) is 5.73 Å². The summed E-state index contributed by atoms with van der Waals surface area (Å²) in [5, 5.41) is 9.09. The highest BCUT2D eigenvalue weighted by Crippen LogP contribution is 2.19. The third-order valence-electron chi connectivity index (χ3n) is 2.59. The number of aromatic nitrogens is 2. The van der Waals surface area contributed by atoms with Crippen molar-refractivity contribution in [3.8, 4) is 0 Å². The molecule has 2 heterocycles. The van der Waals surface area contributed by atoms with Crippen molar-refractivity contribution < 1.29 is 9.53 Å². The van der Waals surface area contributed by atoms with E-state index in [0.29, 0.717) is 31.9 Å². The molecule has 1 fully saturated rings. The van der Waals surface area contributed by atoms with Gasteiger partial charge in [0.25, 0.3) is 0 Å². The van der Waals surface area contributed by atoms with E-state index >= 15 is 0 Å². The molecule has 1 amide bonds. The Morgan fingerprint density at radius 1 is 1.60 bits per heavy atom. The summed E-state index contributed by atoms with van der Waals surface area (Å²) in [6.07, 6.45) is 2.67. The van der Waals surface area contributed by atoms with Gasteiger partial charge in [0.05, 0.1) is 6.20 Å². The third-order valence-corrected chi connectivity index (χ3v) is 2.59. The number of aromatic amines is 1. The van der Waals surface area contributed by atoms with Gasteiger partial charge >= 0.3 is 0 Å². The van der Waals surface area contributed by atoms with Crippen molar-refractivity contribution in [2.75, 3.05) is 18.5 Å². The second-order valence-electron chi connectivity index (χ2n) is 3.69. The van der Waals surface area contributed by atoms with Gasteiger partial charge in [0.15, 0.2) is 0 Å². The van der Waals surface area contributed by atoms with Crippen molar-refractivity contribution in [3.63, 3.8) is 0 Å². The molecular weight excluding hydrogens is 196 g/mol. The quantitative estimate of drug-likeness (QED) is 0.633. The first-order valence-corrected chi connectivity index (χ1v) is 4.88. The van der Waals surface area contributed by atoms with Gasteiger partial charge in [-0.05, 0) is 12.8 Å². The maximum absolute atomic E-state index is 11.8. The van der Waals surface area contributed by atoms with E-state index in [0.717, 1.165) is 0 Å². The SMILES string of the molecule is NC1(C(=O)Nc2ccn[nH]2)CCOCC1. The highest BCUT2D eigenvalue weighted by molar-refractivity contribution is 5.97. The molecule has 1 aliphatic rings. The summed E-state index contributed by atoms with van der Waals surface area (Å²) >= 11 is 0. The molecule has 82 valence electrons. The molecule has 0 unspecified atom stereocenters. The lowest BCUT2D eigenvalue weighted by Gasteiger charge is -2.31. The molecule has 6 nitrogen and oxygen atoms in total. The molecule has 6 heteroatoms. The van der Waals surface area contributed by atoms with E-state index < -0.39 is 5.54 Å². The fraction of sp³-hybridized carbons (Fsp3) is 0.556. The number of amides is 1. The van der Waals surface area contributed by atoms with Gasteiger partial charge in [-0.3, -0.25) is 9.89 Å². The standard InChI is InChI=1S/C9H14N4O2/c10-9(2-5-15-6-3-9)8(14)12-7-1-4-11-13-7/h1,4H,2-3,5-6,10H2,(H2,11,12,13,14). The van der Waals surface area contributed by atoms with E-state index in [1.807, 2.05) is 0 Å². The Hall–Kier alpha value is -1.40. The number of H-pyrrole nitrogens is 1. The van der Waals surface area contributed by atoms with Gasteiger partial charge in [0.2, 0.25) is 5.91 Å². The van der Waals surface area contributed by atoms with Crippen molar-refractivity contribution in [3.05, 3.63) is 12.3 Å². The maximum atomic E-state index is 11.8. The predicted octanol–water partition coefficient (Wildman–Crippen LogP) is -0.144. The van der Waals surface area contributed by atoms with E-state index in [9.17, 15) is 4.79 Å². The summed E-state index contributed by atoms with van der Waals surface area (Å²) in [4.78, 5) is 11.8. The summed E-state index contributed by atoms with van der Waals surface area (Å²) in [7, 11) is 0. The number of hydrogen-bond acceptors (Lipinski definition) is 4. The van der Waals surface area contributed by atoms with Crippen molar-refractivity contribution >= 4 is 11.7 Å². The highest BCUT2D eigenvalue weighted by Gasteiger charge is 2.35. The summed E-state index contributed by atoms with van der Waals surface area (Å²) < 4.78 is 5.17. The summed E-state index contributed by atoms with van der Waals surface area (Å²) in [5.41, 5.74) is 5.18. The van der Waals surface area contributed by atoms with E-state index in [2.05, 4.69) is 15.5 Å². The zero-order valence-electron chi connectivity index (χ0n) is 8.32. The monoisotopic (exact) mass is 210 g/mol. The second-order valence-corrected chi connectivity index (χ2v) is 3.69. The van der Waals surface area contributed by atoms with Gasteiger partial charge in [0, 0.05) is 19.3 Å². The molecule has 2 rings (SSSR count). The zero-order chi connectivity index (χ0) is 10.7. The molecule has 0 saturated carbocycles. The van der Waals surface area contributed by atoms with Crippen LogP contribution in [-0.2, 0) is 9.53 Å². The van der Waals surface area contributed by atoms with E-state index in [1.165, 1.54) is 0 Å². The number of hydrogen-bond donors (Lipinski definition) is 3. The van der Waals surface area contributed by atoms with Crippen molar-refractivity contribution in [1.82, 2.24) is 10.2 Å². The normalized spacial score (nSPS) is 19.8. The molecule has 0 aromatic carbocycles. The van der Waals surface area contributed by atoms with Crippen LogP contribution < -0.4 is 11.1 Å². The number of nitrogens with two attached hydrogens (primary N) is 1. The molecular formula is C9H14N4O2. The average molecular weight is 210 g/mol. The van der Waals surface area contributed by atoms with Crippen LogP contribution in [-0.4, -0.2) is 34.9 Å². The molecule has 0 aliphatic carbocycles. The van der Waals surface area contributed by atoms with Crippen molar-refractivity contribution in [2.45, 2.75) is 18.4 Å². The largest absolute Gasteiger partial charge is 0.381 e. The zero-order valence-corrected chi connectivity index (χ0v) is 8.32. The van der Waals surface area contributed by atoms with Crippen LogP contribution in [0.3, 0.4) is 0 Å². The fourth-order valence-electron chi connectivity index (χ4n) is 1.53. The average Bonchev–Trinajstić information content (AvgIpc) is 2.71. The van der Waals surface area contributed by atoms with Crippen LogP contribution in [0.4, 0.5) is 5.82 Å². The van der Waals surface area contributed by atoms with E-state index in [1.54, 1.807) is 12.3 Å².